The van der Waals surface area contributed by atoms with Gasteiger partial charge in [0.1, 0.15) is 17.6 Å². The molecule has 2 N–H and O–H groups in total. The van der Waals surface area contributed by atoms with E-state index >= 15 is 0 Å². The van der Waals surface area contributed by atoms with E-state index in [0.29, 0.717) is 40.4 Å². The lowest BCUT2D eigenvalue weighted by Gasteiger charge is -2.38. The molecule has 0 spiro atoms. The number of urea groups is 1. The van der Waals surface area contributed by atoms with Crippen LogP contribution in [-0.4, -0.2) is 88.7 Å². The topological polar surface area (TPSA) is 149 Å². The second-order valence-electron chi connectivity index (χ2n) is 15.3. The van der Waals surface area contributed by atoms with E-state index < -0.39 is 6.03 Å². The molecule has 3 saturated heterocycles. The highest BCUT2D eigenvalue weighted by molar-refractivity contribution is 6.31. The van der Waals surface area contributed by atoms with E-state index in [0.717, 1.165) is 106 Å². The molecule has 0 bridgehead atoms. The van der Waals surface area contributed by atoms with Crippen molar-refractivity contribution in [1.82, 2.24) is 30.1 Å². The smallest absolute Gasteiger partial charge is 0.328 e. The summed E-state index contributed by atoms with van der Waals surface area (Å²) in [5.74, 6) is 1.88. The number of nitrogens with zero attached hydrogens (tertiary/aromatic N) is 7. The van der Waals surface area contributed by atoms with Crippen molar-refractivity contribution in [2.45, 2.75) is 76.0 Å². The Balaban J connectivity index is 0.760. The molecule has 3 aromatic heterocycles. The molecule has 4 fully saturated rings. The van der Waals surface area contributed by atoms with E-state index in [-0.39, 0.29) is 30.4 Å². The molecule has 3 aliphatic heterocycles. The van der Waals surface area contributed by atoms with Crippen molar-refractivity contribution < 1.29 is 19.1 Å². The van der Waals surface area contributed by atoms with Gasteiger partial charge >= 0.3 is 6.03 Å². The van der Waals surface area contributed by atoms with Gasteiger partial charge in [-0.25, -0.2) is 9.78 Å². The van der Waals surface area contributed by atoms with Crippen molar-refractivity contribution in [3.05, 3.63) is 77.3 Å². The number of ether oxygens (including phenoxy) is 1. The number of likely N-dealkylation sites (tertiary alicyclic amines) is 1. The van der Waals surface area contributed by atoms with Crippen molar-refractivity contribution in [3.63, 3.8) is 0 Å². The molecule has 14 heteroatoms. The fourth-order valence-corrected chi connectivity index (χ4v) is 8.84. The van der Waals surface area contributed by atoms with E-state index in [1.165, 1.54) is 0 Å². The molecule has 4 amide bonds. The lowest BCUT2D eigenvalue weighted by Crippen LogP contribution is -2.49. The Bertz CT molecular complexity index is 2080. The number of hydrogen-bond acceptors (Lipinski definition) is 9. The number of nitrogens with one attached hydrogen (secondary N) is 2. The predicted molar refractivity (Wildman–Crippen MR) is 209 cm³/mol. The van der Waals surface area contributed by atoms with Crippen LogP contribution >= 0.6 is 11.6 Å². The number of nitriles is 1. The van der Waals surface area contributed by atoms with E-state index in [1.54, 1.807) is 35.5 Å². The van der Waals surface area contributed by atoms with Gasteiger partial charge in [-0.2, -0.15) is 5.26 Å². The number of pyridine rings is 2. The zero-order chi connectivity index (χ0) is 37.9. The molecule has 0 atom stereocenters. The number of benzene rings is 1. The van der Waals surface area contributed by atoms with E-state index in [1.807, 2.05) is 18.3 Å². The molecule has 55 heavy (non-hydrogen) atoms. The molecule has 4 aliphatic rings. The first-order valence-electron chi connectivity index (χ1n) is 19.5. The summed E-state index contributed by atoms with van der Waals surface area (Å²) in [5.41, 5.74) is 2.77. The molecular formula is C41H46ClN9O4. The maximum absolute atomic E-state index is 13.1. The fraction of sp³-hybridized carbons (Fsp3) is 0.463. The Kier molecular flexibility index (Phi) is 10.9. The van der Waals surface area contributed by atoms with Crippen LogP contribution in [0, 0.1) is 17.2 Å². The maximum Gasteiger partial charge on any atom is 0.328 e. The van der Waals surface area contributed by atoms with Gasteiger partial charge in [-0.3, -0.25) is 24.8 Å². The van der Waals surface area contributed by atoms with Crippen molar-refractivity contribution in [2.75, 3.05) is 49.1 Å². The largest absolute Gasteiger partial charge is 0.490 e. The van der Waals surface area contributed by atoms with Gasteiger partial charge < -0.3 is 24.4 Å². The number of halogens is 1. The Morgan fingerprint density at radius 2 is 1.75 bits per heavy atom. The number of carbonyl (C=O) groups excluding carboxylic acids is 3. The number of imide groups is 1. The normalized spacial score (nSPS) is 21.7. The minimum Gasteiger partial charge on any atom is -0.490 e. The first-order chi connectivity index (χ1) is 26.8. The van der Waals surface area contributed by atoms with E-state index in [4.69, 9.17) is 21.6 Å². The molecule has 13 nitrogen and oxygen atoms in total. The zero-order valence-electron chi connectivity index (χ0n) is 30.8. The number of piperidine rings is 2. The molecule has 8 rings (SSSR count). The first kappa shape index (κ1) is 36.8. The molecule has 1 aliphatic carbocycles. The van der Waals surface area contributed by atoms with Crippen molar-refractivity contribution in [2.24, 2.45) is 5.92 Å². The zero-order valence-corrected chi connectivity index (χ0v) is 31.6. The van der Waals surface area contributed by atoms with Crippen LogP contribution in [0.4, 0.5) is 16.3 Å². The summed E-state index contributed by atoms with van der Waals surface area (Å²) in [6.07, 6.45) is 15.4. The highest BCUT2D eigenvalue weighted by Gasteiger charge is 2.30. The number of fused-ring (bicyclic) bond motifs is 1. The van der Waals surface area contributed by atoms with Gasteiger partial charge in [-0.05, 0) is 87.6 Å². The lowest BCUT2D eigenvalue weighted by atomic mass is 9.92. The standard InChI is InChI=1S/C41H46ClN9O4/c42-35-21-33(5-1-28(35)22-43)55-32-6-3-30(4-7-32)46-40(53)29-2-8-38(45-23-29)49-17-9-27(10-18-49)26-48-15-11-31(12-16-48)50-19-13-34-36(50)24-44-25-37(34)51-20-14-39(52)47-41(51)54/h1-2,5,8,13,19,21,23-25,27,30-32H,3-4,6-7,9-12,14-18,20,26H2,(H,46,53)(H,47,52,54)/t30-,32-. The summed E-state index contributed by atoms with van der Waals surface area (Å²) in [6, 6.07) is 13.2. The van der Waals surface area contributed by atoms with Gasteiger partial charge in [0.05, 0.1) is 45.9 Å². The molecule has 286 valence electrons. The van der Waals surface area contributed by atoms with Gasteiger partial charge in [-0.1, -0.05) is 11.6 Å². The van der Waals surface area contributed by atoms with Crippen LogP contribution in [-0.2, 0) is 4.79 Å². The van der Waals surface area contributed by atoms with Crippen LogP contribution < -0.4 is 25.2 Å². The second-order valence-corrected chi connectivity index (χ2v) is 15.7. The number of carbonyl (C=O) groups is 3. The third-order valence-electron chi connectivity index (χ3n) is 11.8. The van der Waals surface area contributed by atoms with Gasteiger partial charge in [-0.15, -0.1) is 0 Å². The summed E-state index contributed by atoms with van der Waals surface area (Å²) in [5, 5.41) is 16.1. The van der Waals surface area contributed by atoms with Crippen molar-refractivity contribution in [1.29, 1.82) is 5.26 Å². The summed E-state index contributed by atoms with van der Waals surface area (Å²) < 4.78 is 8.41. The van der Waals surface area contributed by atoms with E-state index in [2.05, 4.69) is 53.3 Å². The Labute approximate surface area is 325 Å². The van der Waals surface area contributed by atoms with Crippen LogP contribution in [0.25, 0.3) is 10.9 Å². The monoisotopic (exact) mass is 763 g/mol. The molecule has 6 heterocycles. The summed E-state index contributed by atoms with van der Waals surface area (Å²) in [7, 11) is 0. The van der Waals surface area contributed by atoms with Crippen LogP contribution in [0.2, 0.25) is 5.02 Å². The number of aromatic nitrogens is 3. The molecule has 1 saturated carbocycles. The van der Waals surface area contributed by atoms with Gasteiger partial charge in [0, 0.05) is 81.6 Å². The van der Waals surface area contributed by atoms with E-state index in [9.17, 15) is 14.4 Å². The minimum atomic E-state index is -0.390. The fourth-order valence-electron chi connectivity index (χ4n) is 8.63. The third kappa shape index (κ3) is 8.26. The Morgan fingerprint density at radius 1 is 0.945 bits per heavy atom. The highest BCUT2D eigenvalue weighted by Crippen LogP contribution is 2.34. The average Bonchev–Trinajstić information content (AvgIpc) is 3.64. The Morgan fingerprint density at radius 3 is 2.45 bits per heavy atom. The van der Waals surface area contributed by atoms with Crippen LogP contribution in [0.3, 0.4) is 0 Å². The lowest BCUT2D eigenvalue weighted by molar-refractivity contribution is -0.120. The number of hydrogen-bond donors (Lipinski definition) is 2. The molecule has 0 radical (unpaired) electrons. The van der Waals surface area contributed by atoms with Crippen molar-refractivity contribution in [3.8, 4) is 11.8 Å². The Hall–Kier alpha value is -5.19. The molecular weight excluding hydrogens is 718 g/mol. The van der Waals surface area contributed by atoms with Crippen LogP contribution in [0.1, 0.15) is 79.8 Å². The quantitative estimate of drug-likeness (QED) is 0.207. The average molecular weight is 764 g/mol. The van der Waals surface area contributed by atoms with Gasteiger partial charge in [0.25, 0.3) is 5.91 Å². The van der Waals surface area contributed by atoms with Gasteiger partial charge in [0.2, 0.25) is 5.91 Å². The molecule has 4 aromatic rings. The summed E-state index contributed by atoms with van der Waals surface area (Å²) in [6.45, 7) is 5.45. The highest BCUT2D eigenvalue weighted by atomic mass is 35.5. The molecule has 0 unspecified atom stereocenters. The minimum absolute atomic E-state index is 0.0488. The number of amides is 4. The number of anilines is 2. The molecule has 1 aromatic carbocycles. The summed E-state index contributed by atoms with van der Waals surface area (Å²) in [4.78, 5) is 53.0. The predicted octanol–water partition coefficient (Wildman–Crippen LogP) is 6.08. The number of rotatable bonds is 9. The third-order valence-corrected chi connectivity index (χ3v) is 12.1. The van der Waals surface area contributed by atoms with Crippen LogP contribution in [0.5, 0.6) is 5.75 Å². The summed E-state index contributed by atoms with van der Waals surface area (Å²) >= 11 is 6.15. The first-order valence-corrected chi connectivity index (χ1v) is 19.9. The van der Waals surface area contributed by atoms with Crippen LogP contribution in [0.15, 0.2) is 61.2 Å². The van der Waals surface area contributed by atoms with Gasteiger partial charge in [0.15, 0.2) is 0 Å². The van der Waals surface area contributed by atoms with Crippen molar-refractivity contribution >= 4 is 51.9 Å². The SMILES string of the molecule is N#Cc1ccc(O[C@H]2CC[C@H](NC(=O)c3ccc(N4CCC(CN5CCC(n6ccc7c(N8CCC(=O)NC8=O)cncc76)CC5)CC4)nc3)CC2)cc1Cl. The maximum atomic E-state index is 13.1. The second kappa shape index (κ2) is 16.3.